The zero-order valence-corrected chi connectivity index (χ0v) is 17.8. The Morgan fingerprint density at radius 3 is 2.47 bits per heavy atom. The summed E-state index contributed by atoms with van der Waals surface area (Å²) in [5.74, 6) is -1.43. The van der Waals surface area contributed by atoms with Crippen LogP contribution in [-0.4, -0.2) is 50.6 Å². The number of alkyl halides is 3. The molecule has 1 aromatic carbocycles. The fourth-order valence-electron chi connectivity index (χ4n) is 3.38. The number of amides is 2. The molecule has 0 atom stereocenters. The van der Waals surface area contributed by atoms with Crippen LogP contribution >= 0.6 is 0 Å². The van der Waals surface area contributed by atoms with E-state index in [1.54, 1.807) is 14.1 Å². The van der Waals surface area contributed by atoms with E-state index in [9.17, 15) is 27.6 Å². The second-order valence-corrected chi connectivity index (χ2v) is 7.45. The third-order valence-electron chi connectivity index (χ3n) is 4.95. The number of rotatable bonds is 4. The molecule has 4 aromatic rings. The summed E-state index contributed by atoms with van der Waals surface area (Å²) in [5, 5.41) is 6.56. The van der Waals surface area contributed by atoms with Gasteiger partial charge in [-0.2, -0.15) is 18.3 Å². The molecule has 0 spiro atoms. The van der Waals surface area contributed by atoms with E-state index in [2.05, 4.69) is 20.4 Å². The highest BCUT2D eigenvalue weighted by atomic mass is 19.4. The Bertz CT molecular complexity index is 1460. The van der Waals surface area contributed by atoms with Gasteiger partial charge in [-0.15, -0.1) is 0 Å². The van der Waals surface area contributed by atoms with Gasteiger partial charge in [-0.05, 0) is 30.3 Å². The summed E-state index contributed by atoms with van der Waals surface area (Å²) < 4.78 is 42.8. The maximum absolute atomic E-state index is 14.1. The van der Waals surface area contributed by atoms with E-state index in [1.807, 2.05) is 0 Å². The molecule has 0 unspecified atom stereocenters. The lowest BCUT2D eigenvalue weighted by atomic mass is 10.1. The van der Waals surface area contributed by atoms with E-state index >= 15 is 0 Å². The van der Waals surface area contributed by atoms with Crippen LogP contribution in [0.15, 0.2) is 59.8 Å². The van der Waals surface area contributed by atoms with Crippen molar-refractivity contribution >= 4 is 28.3 Å². The number of H-pyrrole nitrogens is 1. The van der Waals surface area contributed by atoms with Gasteiger partial charge in [0.15, 0.2) is 5.69 Å². The Hall–Kier alpha value is -4.48. The standard InChI is InChI=1S/C22H17F3N6O3/c1-30(2)21(34)16-7-6-12(10-27-16)29-20(33)15-11-28-31(18(15)22(23,24)25)17-5-3-4-14-13(17)8-9-26-19(14)32/h3-11H,1-2H3,(H,26,32)(H,29,33). The first-order chi connectivity index (χ1) is 16.1. The highest BCUT2D eigenvalue weighted by Crippen LogP contribution is 2.35. The minimum atomic E-state index is -4.94. The molecule has 0 saturated carbocycles. The number of carbonyl (C=O) groups excluding carboxylic acids is 2. The number of fused-ring (bicyclic) bond motifs is 1. The average Bonchev–Trinajstić information content (AvgIpc) is 3.25. The van der Waals surface area contributed by atoms with Gasteiger partial charge in [-0.25, -0.2) is 9.67 Å². The summed E-state index contributed by atoms with van der Waals surface area (Å²) >= 11 is 0. The van der Waals surface area contributed by atoms with Gasteiger partial charge in [-0.1, -0.05) is 6.07 Å². The molecular formula is C22H17F3N6O3. The SMILES string of the molecule is CN(C)C(=O)c1ccc(NC(=O)c2cnn(-c3cccc4c(=O)[nH]ccc34)c2C(F)(F)F)cn1. The molecule has 9 nitrogen and oxygen atoms in total. The number of carbonyl (C=O) groups is 2. The van der Waals surface area contributed by atoms with Gasteiger partial charge in [0.05, 0.1) is 29.3 Å². The number of hydrogen-bond acceptors (Lipinski definition) is 5. The summed E-state index contributed by atoms with van der Waals surface area (Å²) in [7, 11) is 3.09. The summed E-state index contributed by atoms with van der Waals surface area (Å²) in [6.45, 7) is 0. The molecule has 0 bridgehead atoms. The molecular weight excluding hydrogens is 453 g/mol. The number of anilines is 1. The average molecular weight is 470 g/mol. The second-order valence-electron chi connectivity index (χ2n) is 7.45. The predicted octanol–water partition coefficient (Wildman–Crippen LogP) is 3.08. The van der Waals surface area contributed by atoms with Crippen molar-refractivity contribution in [3.63, 3.8) is 0 Å². The highest BCUT2D eigenvalue weighted by Gasteiger charge is 2.41. The lowest BCUT2D eigenvalue weighted by molar-refractivity contribution is -0.143. The molecule has 0 saturated heterocycles. The monoisotopic (exact) mass is 470 g/mol. The van der Waals surface area contributed by atoms with Crippen LogP contribution < -0.4 is 10.9 Å². The lowest BCUT2D eigenvalue weighted by Crippen LogP contribution is -2.23. The van der Waals surface area contributed by atoms with E-state index in [1.165, 1.54) is 53.7 Å². The summed E-state index contributed by atoms with van der Waals surface area (Å²) in [6, 6.07) is 8.43. The van der Waals surface area contributed by atoms with Gasteiger partial charge >= 0.3 is 6.18 Å². The van der Waals surface area contributed by atoms with Gasteiger partial charge in [0.25, 0.3) is 17.4 Å². The number of aromatic amines is 1. The Morgan fingerprint density at radius 1 is 1.06 bits per heavy atom. The molecule has 34 heavy (non-hydrogen) atoms. The first-order valence-electron chi connectivity index (χ1n) is 9.83. The normalized spacial score (nSPS) is 11.4. The Morgan fingerprint density at radius 2 is 1.82 bits per heavy atom. The van der Waals surface area contributed by atoms with Crippen LogP contribution in [0.3, 0.4) is 0 Å². The Kier molecular flexibility index (Phi) is 5.65. The number of nitrogens with zero attached hydrogens (tertiary/aromatic N) is 4. The topological polar surface area (TPSA) is 113 Å². The van der Waals surface area contributed by atoms with E-state index in [0.717, 1.165) is 6.20 Å². The maximum atomic E-state index is 14.1. The van der Waals surface area contributed by atoms with E-state index in [4.69, 9.17) is 0 Å². The number of benzene rings is 1. The number of hydrogen-bond donors (Lipinski definition) is 2. The van der Waals surface area contributed by atoms with Crippen LogP contribution in [0.25, 0.3) is 16.5 Å². The van der Waals surface area contributed by atoms with E-state index in [0.29, 0.717) is 4.68 Å². The first kappa shape index (κ1) is 22.7. The van der Waals surface area contributed by atoms with Crippen molar-refractivity contribution in [2.75, 3.05) is 19.4 Å². The second kappa shape index (κ2) is 8.46. The number of nitrogens with one attached hydrogen (secondary N) is 2. The summed E-state index contributed by atoms with van der Waals surface area (Å²) in [5.41, 5.74) is -2.30. The molecule has 3 aromatic heterocycles. The quantitative estimate of drug-likeness (QED) is 0.476. The first-order valence-corrected chi connectivity index (χ1v) is 9.83. The smallest absolute Gasteiger partial charge is 0.343 e. The molecule has 0 radical (unpaired) electrons. The van der Waals surface area contributed by atoms with Crippen molar-refractivity contribution < 1.29 is 22.8 Å². The van der Waals surface area contributed by atoms with Gasteiger partial charge in [0.2, 0.25) is 0 Å². The van der Waals surface area contributed by atoms with Crippen molar-refractivity contribution in [2.24, 2.45) is 0 Å². The molecule has 0 aliphatic carbocycles. The third kappa shape index (κ3) is 4.12. The zero-order chi connectivity index (χ0) is 24.6. The fourth-order valence-corrected chi connectivity index (χ4v) is 3.38. The van der Waals surface area contributed by atoms with Crippen LogP contribution in [0.4, 0.5) is 18.9 Å². The van der Waals surface area contributed by atoms with Crippen molar-refractivity contribution in [1.29, 1.82) is 0 Å². The molecule has 0 aliphatic heterocycles. The van der Waals surface area contributed by atoms with Crippen LogP contribution in [0.2, 0.25) is 0 Å². The number of halogens is 3. The van der Waals surface area contributed by atoms with Crippen molar-refractivity contribution in [3.8, 4) is 5.69 Å². The Balaban J connectivity index is 1.74. The van der Waals surface area contributed by atoms with Gasteiger partial charge in [-0.3, -0.25) is 14.4 Å². The third-order valence-corrected chi connectivity index (χ3v) is 4.95. The molecule has 2 amide bonds. The molecule has 3 heterocycles. The van der Waals surface area contributed by atoms with Crippen molar-refractivity contribution in [2.45, 2.75) is 6.18 Å². The van der Waals surface area contributed by atoms with Gasteiger partial charge in [0, 0.05) is 31.1 Å². The van der Waals surface area contributed by atoms with Gasteiger partial charge < -0.3 is 15.2 Å². The highest BCUT2D eigenvalue weighted by molar-refractivity contribution is 6.05. The van der Waals surface area contributed by atoms with Crippen LogP contribution in [-0.2, 0) is 6.18 Å². The molecule has 0 aliphatic rings. The molecule has 2 N–H and O–H groups in total. The number of aromatic nitrogens is 4. The largest absolute Gasteiger partial charge is 0.434 e. The van der Waals surface area contributed by atoms with Crippen molar-refractivity contribution in [1.82, 2.24) is 24.6 Å². The summed E-state index contributed by atoms with van der Waals surface area (Å²) in [6.07, 6.45) is -1.64. The fraction of sp³-hybridized carbons (Fsp3) is 0.136. The minimum absolute atomic E-state index is 0.0109. The minimum Gasteiger partial charge on any atom is -0.343 e. The van der Waals surface area contributed by atoms with Crippen LogP contribution in [0, 0.1) is 0 Å². The van der Waals surface area contributed by atoms with Crippen molar-refractivity contribution in [3.05, 3.63) is 82.3 Å². The molecule has 174 valence electrons. The summed E-state index contributed by atoms with van der Waals surface area (Å²) in [4.78, 5) is 44.4. The predicted molar refractivity (Wildman–Crippen MR) is 117 cm³/mol. The molecule has 12 heteroatoms. The van der Waals surface area contributed by atoms with E-state index < -0.39 is 28.9 Å². The lowest BCUT2D eigenvalue weighted by Gasteiger charge is -2.14. The van der Waals surface area contributed by atoms with Gasteiger partial charge in [0.1, 0.15) is 5.69 Å². The molecule has 0 fully saturated rings. The molecule has 4 rings (SSSR count). The Labute approximate surface area is 189 Å². The van der Waals surface area contributed by atoms with Crippen LogP contribution in [0.5, 0.6) is 0 Å². The zero-order valence-electron chi connectivity index (χ0n) is 17.8. The number of pyridine rings is 2. The van der Waals surface area contributed by atoms with E-state index in [-0.39, 0.29) is 33.7 Å². The van der Waals surface area contributed by atoms with Crippen LogP contribution in [0.1, 0.15) is 26.5 Å². The maximum Gasteiger partial charge on any atom is 0.434 e.